The summed E-state index contributed by atoms with van der Waals surface area (Å²) >= 11 is 4.93. The average molecular weight is 311 g/mol. The van der Waals surface area contributed by atoms with E-state index in [1.165, 1.54) is 11.3 Å². The van der Waals surface area contributed by atoms with Gasteiger partial charge in [0, 0.05) is 9.85 Å². The summed E-state index contributed by atoms with van der Waals surface area (Å²) in [6, 6.07) is 5.82. The van der Waals surface area contributed by atoms with Crippen LogP contribution in [0.25, 0.3) is 12.2 Å². The van der Waals surface area contributed by atoms with E-state index in [1.54, 1.807) is 7.11 Å². The molecule has 17 heavy (non-hydrogen) atoms. The molecule has 88 valence electrons. The van der Waals surface area contributed by atoms with Gasteiger partial charge in [0.25, 0.3) is 0 Å². The van der Waals surface area contributed by atoms with Gasteiger partial charge in [-0.05, 0) is 23.8 Å². The molecule has 0 radical (unpaired) electrons. The normalized spacial score (nSPS) is 10.9. The number of rotatable bonds is 3. The molecule has 0 amide bonds. The Labute approximate surface area is 112 Å². The number of methoxy groups -OCH3 is 1. The van der Waals surface area contributed by atoms with Crippen LogP contribution in [0.2, 0.25) is 0 Å². The third kappa shape index (κ3) is 3.08. The highest BCUT2D eigenvalue weighted by molar-refractivity contribution is 9.10. The number of thiazole rings is 1. The zero-order chi connectivity index (χ0) is 12.3. The Morgan fingerprint density at radius 3 is 2.82 bits per heavy atom. The van der Waals surface area contributed by atoms with Crippen molar-refractivity contribution in [3.63, 3.8) is 0 Å². The average Bonchev–Trinajstić information content (AvgIpc) is 2.73. The molecule has 0 saturated carbocycles. The van der Waals surface area contributed by atoms with Crippen molar-refractivity contribution in [2.75, 3.05) is 12.8 Å². The van der Waals surface area contributed by atoms with Crippen molar-refractivity contribution in [1.29, 1.82) is 0 Å². The second-order valence-electron chi connectivity index (χ2n) is 3.33. The lowest BCUT2D eigenvalue weighted by atomic mass is 10.2. The third-order valence-electron chi connectivity index (χ3n) is 2.18. The van der Waals surface area contributed by atoms with Crippen molar-refractivity contribution in [3.05, 3.63) is 39.3 Å². The summed E-state index contributed by atoms with van der Waals surface area (Å²) in [5.74, 6) is 0.826. The quantitative estimate of drug-likeness (QED) is 0.941. The SMILES string of the molecule is COc1ccc(C=Cc2csc(N)n2)c(Br)c1. The predicted molar refractivity (Wildman–Crippen MR) is 76.1 cm³/mol. The molecule has 2 aromatic rings. The van der Waals surface area contributed by atoms with Gasteiger partial charge >= 0.3 is 0 Å². The molecule has 0 bridgehead atoms. The number of hydrogen-bond donors (Lipinski definition) is 1. The minimum Gasteiger partial charge on any atom is -0.497 e. The van der Waals surface area contributed by atoms with E-state index in [4.69, 9.17) is 10.5 Å². The van der Waals surface area contributed by atoms with Crippen LogP contribution in [-0.2, 0) is 0 Å². The minimum atomic E-state index is 0.582. The van der Waals surface area contributed by atoms with Crippen LogP contribution in [0, 0.1) is 0 Å². The largest absolute Gasteiger partial charge is 0.497 e. The van der Waals surface area contributed by atoms with Crippen LogP contribution in [0.4, 0.5) is 5.13 Å². The number of nitrogen functional groups attached to an aromatic ring is 1. The predicted octanol–water partition coefficient (Wildman–Crippen LogP) is 3.67. The maximum Gasteiger partial charge on any atom is 0.180 e. The van der Waals surface area contributed by atoms with Crippen LogP contribution in [-0.4, -0.2) is 12.1 Å². The lowest BCUT2D eigenvalue weighted by molar-refractivity contribution is 0.414. The molecular formula is C12H11BrN2OS. The summed E-state index contributed by atoms with van der Waals surface area (Å²) in [5, 5.41) is 2.50. The first-order valence-corrected chi connectivity index (χ1v) is 6.59. The van der Waals surface area contributed by atoms with E-state index >= 15 is 0 Å². The van der Waals surface area contributed by atoms with Gasteiger partial charge in [-0.25, -0.2) is 4.98 Å². The van der Waals surface area contributed by atoms with Crippen LogP contribution < -0.4 is 10.5 Å². The molecular weight excluding hydrogens is 300 g/mol. The van der Waals surface area contributed by atoms with Crippen molar-refractivity contribution < 1.29 is 4.74 Å². The molecule has 0 aliphatic rings. The number of nitrogens with two attached hydrogens (primary N) is 1. The molecule has 0 atom stereocenters. The summed E-state index contributed by atoms with van der Waals surface area (Å²) in [4.78, 5) is 4.16. The fourth-order valence-electron chi connectivity index (χ4n) is 1.32. The summed E-state index contributed by atoms with van der Waals surface area (Å²) in [5.41, 5.74) is 7.50. The first-order chi connectivity index (χ1) is 8.19. The van der Waals surface area contributed by atoms with E-state index in [2.05, 4.69) is 20.9 Å². The minimum absolute atomic E-state index is 0.582. The number of hydrogen-bond acceptors (Lipinski definition) is 4. The summed E-state index contributed by atoms with van der Waals surface area (Å²) in [6.07, 6.45) is 3.91. The monoisotopic (exact) mass is 310 g/mol. The number of ether oxygens (including phenoxy) is 1. The van der Waals surface area contributed by atoms with Crippen LogP contribution in [0.15, 0.2) is 28.1 Å². The maximum atomic E-state index is 5.56. The van der Waals surface area contributed by atoms with Crippen LogP contribution in [0.1, 0.15) is 11.3 Å². The zero-order valence-electron chi connectivity index (χ0n) is 9.18. The van der Waals surface area contributed by atoms with Gasteiger partial charge < -0.3 is 10.5 Å². The van der Waals surface area contributed by atoms with Crippen LogP contribution in [0.5, 0.6) is 5.75 Å². The lowest BCUT2D eigenvalue weighted by Crippen LogP contribution is -1.84. The molecule has 1 aromatic heterocycles. The Kier molecular flexibility index (Phi) is 3.81. The summed E-state index contributed by atoms with van der Waals surface area (Å²) in [7, 11) is 1.65. The Morgan fingerprint density at radius 1 is 1.41 bits per heavy atom. The topological polar surface area (TPSA) is 48.1 Å². The van der Waals surface area contributed by atoms with E-state index in [9.17, 15) is 0 Å². The summed E-state index contributed by atoms with van der Waals surface area (Å²) < 4.78 is 6.12. The summed E-state index contributed by atoms with van der Waals surface area (Å²) in [6.45, 7) is 0. The lowest BCUT2D eigenvalue weighted by Gasteiger charge is -2.02. The second kappa shape index (κ2) is 5.33. The zero-order valence-corrected chi connectivity index (χ0v) is 11.6. The van der Waals surface area contributed by atoms with E-state index < -0.39 is 0 Å². The van der Waals surface area contributed by atoms with Gasteiger partial charge in [-0.3, -0.25) is 0 Å². The second-order valence-corrected chi connectivity index (χ2v) is 5.08. The van der Waals surface area contributed by atoms with Gasteiger partial charge in [-0.2, -0.15) is 0 Å². The van der Waals surface area contributed by atoms with Crippen molar-refractivity contribution in [2.24, 2.45) is 0 Å². The molecule has 2 N–H and O–H groups in total. The molecule has 0 unspecified atom stereocenters. The molecule has 0 aliphatic heterocycles. The van der Waals surface area contributed by atoms with Gasteiger partial charge in [0.2, 0.25) is 0 Å². The Balaban J connectivity index is 2.21. The number of benzene rings is 1. The van der Waals surface area contributed by atoms with E-state index in [0.717, 1.165) is 21.5 Å². The van der Waals surface area contributed by atoms with Crippen molar-refractivity contribution in [1.82, 2.24) is 4.98 Å². The molecule has 5 heteroatoms. The first-order valence-electron chi connectivity index (χ1n) is 4.91. The van der Waals surface area contributed by atoms with Gasteiger partial charge in [0.05, 0.1) is 12.8 Å². The Hall–Kier alpha value is -1.33. The van der Waals surface area contributed by atoms with Gasteiger partial charge in [-0.15, -0.1) is 11.3 Å². The molecule has 1 aromatic carbocycles. The fourth-order valence-corrected chi connectivity index (χ4v) is 2.34. The number of nitrogens with zero attached hydrogens (tertiary/aromatic N) is 1. The van der Waals surface area contributed by atoms with E-state index in [-0.39, 0.29) is 0 Å². The molecule has 0 fully saturated rings. The molecule has 0 saturated heterocycles. The highest BCUT2D eigenvalue weighted by Crippen LogP contribution is 2.24. The van der Waals surface area contributed by atoms with Gasteiger partial charge in [-0.1, -0.05) is 28.1 Å². The Bertz CT molecular complexity index is 551. The molecule has 3 nitrogen and oxygen atoms in total. The highest BCUT2D eigenvalue weighted by atomic mass is 79.9. The van der Waals surface area contributed by atoms with Gasteiger partial charge in [0.15, 0.2) is 5.13 Å². The first kappa shape index (κ1) is 12.1. The van der Waals surface area contributed by atoms with Crippen molar-refractivity contribution in [3.8, 4) is 5.75 Å². The van der Waals surface area contributed by atoms with Crippen LogP contribution in [0.3, 0.4) is 0 Å². The standard InChI is InChI=1S/C12H11BrN2OS/c1-16-10-5-3-8(11(13)6-10)2-4-9-7-17-12(14)15-9/h2-7H,1H3,(H2,14,15). The van der Waals surface area contributed by atoms with Gasteiger partial charge in [0.1, 0.15) is 5.75 Å². The Morgan fingerprint density at radius 2 is 2.24 bits per heavy atom. The third-order valence-corrected chi connectivity index (χ3v) is 3.56. The maximum absolute atomic E-state index is 5.56. The number of halogens is 1. The molecule has 0 aliphatic carbocycles. The fraction of sp³-hybridized carbons (Fsp3) is 0.0833. The van der Waals surface area contributed by atoms with E-state index in [1.807, 2.05) is 35.7 Å². The van der Waals surface area contributed by atoms with Crippen LogP contribution >= 0.6 is 27.3 Å². The number of aromatic nitrogens is 1. The van der Waals surface area contributed by atoms with Crippen molar-refractivity contribution in [2.45, 2.75) is 0 Å². The molecule has 2 rings (SSSR count). The molecule has 0 spiro atoms. The molecule has 1 heterocycles. The highest BCUT2D eigenvalue weighted by Gasteiger charge is 1.99. The van der Waals surface area contributed by atoms with Crippen molar-refractivity contribution >= 4 is 44.6 Å². The van der Waals surface area contributed by atoms with E-state index in [0.29, 0.717) is 5.13 Å². The smallest absolute Gasteiger partial charge is 0.180 e. The number of anilines is 1.